The molecule has 0 unspecified atom stereocenters. The number of aromatic carboxylic acids is 1. The van der Waals surface area contributed by atoms with Crippen LogP contribution in [0.4, 0.5) is 10.1 Å². The molecular formula is C19H16FNO2. The number of rotatable bonds is 2. The van der Waals surface area contributed by atoms with Crippen molar-refractivity contribution >= 4 is 11.7 Å². The van der Waals surface area contributed by atoms with E-state index in [9.17, 15) is 14.3 Å². The second kappa shape index (κ2) is 5.23. The number of allylic oxidation sites excluding steroid dienone is 2. The van der Waals surface area contributed by atoms with Crippen molar-refractivity contribution in [3.05, 3.63) is 77.1 Å². The maximum Gasteiger partial charge on any atom is 0.335 e. The number of carboxylic acids is 1. The summed E-state index contributed by atoms with van der Waals surface area (Å²) < 4.78 is 13.2. The maximum atomic E-state index is 13.2. The lowest BCUT2D eigenvalue weighted by Gasteiger charge is -2.37. The third-order valence-corrected chi connectivity index (χ3v) is 4.84. The molecule has 3 atom stereocenters. The molecule has 0 radical (unpaired) electrons. The third kappa shape index (κ3) is 2.31. The van der Waals surface area contributed by atoms with Crippen LogP contribution in [0.3, 0.4) is 0 Å². The van der Waals surface area contributed by atoms with E-state index in [1.165, 1.54) is 12.1 Å². The summed E-state index contributed by atoms with van der Waals surface area (Å²) in [6.45, 7) is 0. The van der Waals surface area contributed by atoms with Crippen LogP contribution in [0.2, 0.25) is 0 Å². The Bertz CT molecular complexity index is 798. The smallest absolute Gasteiger partial charge is 0.335 e. The number of hydrogen-bond donors (Lipinski definition) is 2. The Morgan fingerprint density at radius 2 is 1.96 bits per heavy atom. The van der Waals surface area contributed by atoms with Crippen LogP contribution in [0.25, 0.3) is 0 Å². The quantitative estimate of drug-likeness (QED) is 0.811. The van der Waals surface area contributed by atoms with Gasteiger partial charge in [-0.1, -0.05) is 24.3 Å². The molecule has 0 amide bonds. The molecule has 1 aliphatic heterocycles. The van der Waals surface area contributed by atoms with E-state index in [0.29, 0.717) is 11.5 Å². The van der Waals surface area contributed by atoms with Crippen molar-refractivity contribution in [2.45, 2.75) is 18.4 Å². The first-order valence-electron chi connectivity index (χ1n) is 7.69. The van der Waals surface area contributed by atoms with Gasteiger partial charge in [-0.15, -0.1) is 0 Å². The molecule has 0 fully saturated rings. The van der Waals surface area contributed by atoms with E-state index in [1.54, 1.807) is 12.1 Å². The highest BCUT2D eigenvalue weighted by Crippen LogP contribution is 2.49. The molecule has 0 spiro atoms. The standard InChI is InChI=1S/C19H16FNO2/c20-13-7-4-11(5-8-13)18-15-3-1-2-14(15)16-10-12(19(22)23)6-9-17(16)21-18/h1-2,4-10,14-15,18,21H,3H2,(H,22,23)/t14-,15+,18+/m0/s1. The van der Waals surface area contributed by atoms with Gasteiger partial charge < -0.3 is 10.4 Å². The van der Waals surface area contributed by atoms with Crippen LogP contribution in [0, 0.1) is 11.7 Å². The first kappa shape index (κ1) is 14.0. The minimum absolute atomic E-state index is 0.0961. The van der Waals surface area contributed by atoms with Crippen LogP contribution >= 0.6 is 0 Å². The van der Waals surface area contributed by atoms with Gasteiger partial charge >= 0.3 is 5.97 Å². The van der Waals surface area contributed by atoms with Gasteiger partial charge in [0.15, 0.2) is 0 Å². The predicted molar refractivity (Wildman–Crippen MR) is 86.2 cm³/mol. The SMILES string of the molecule is O=C(O)c1ccc2c(c1)[C@H]1C=CC[C@H]1[C@@H](c1ccc(F)cc1)N2. The Balaban J connectivity index is 1.77. The lowest BCUT2D eigenvalue weighted by atomic mass is 9.76. The molecule has 0 saturated heterocycles. The first-order valence-corrected chi connectivity index (χ1v) is 7.69. The molecule has 23 heavy (non-hydrogen) atoms. The lowest BCUT2D eigenvalue weighted by molar-refractivity contribution is 0.0696. The highest BCUT2D eigenvalue weighted by molar-refractivity contribution is 5.89. The predicted octanol–water partition coefficient (Wildman–Crippen LogP) is 4.35. The number of anilines is 1. The fraction of sp³-hybridized carbons (Fsp3) is 0.211. The molecule has 2 aliphatic rings. The molecule has 0 bridgehead atoms. The van der Waals surface area contributed by atoms with E-state index in [1.807, 2.05) is 18.2 Å². The average Bonchev–Trinajstić information content (AvgIpc) is 3.04. The fourth-order valence-electron chi connectivity index (χ4n) is 3.73. The van der Waals surface area contributed by atoms with E-state index in [0.717, 1.165) is 23.2 Å². The number of benzene rings is 2. The largest absolute Gasteiger partial charge is 0.478 e. The Labute approximate surface area is 133 Å². The number of fused-ring (bicyclic) bond motifs is 3. The normalized spacial score (nSPS) is 24.7. The van der Waals surface area contributed by atoms with E-state index in [-0.39, 0.29) is 17.8 Å². The first-order chi connectivity index (χ1) is 11.1. The zero-order valence-corrected chi connectivity index (χ0v) is 12.4. The Hall–Kier alpha value is -2.62. The zero-order chi connectivity index (χ0) is 16.0. The number of hydrogen-bond acceptors (Lipinski definition) is 2. The van der Waals surface area contributed by atoms with Gasteiger partial charge in [0.05, 0.1) is 11.6 Å². The minimum atomic E-state index is -0.910. The topological polar surface area (TPSA) is 49.3 Å². The molecule has 1 heterocycles. The molecule has 2 aromatic carbocycles. The number of carboxylic acid groups (broad SMARTS) is 1. The zero-order valence-electron chi connectivity index (χ0n) is 12.4. The Morgan fingerprint density at radius 1 is 1.17 bits per heavy atom. The third-order valence-electron chi connectivity index (χ3n) is 4.84. The molecular weight excluding hydrogens is 293 g/mol. The van der Waals surface area contributed by atoms with Crippen LogP contribution in [-0.4, -0.2) is 11.1 Å². The molecule has 0 aromatic heterocycles. The summed E-state index contributed by atoms with van der Waals surface area (Å²) in [5.74, 6) is -0.637. The summed E-state index contributed by atoms with van der Waals surface area (Å²) in [7, 11) is 0. The van der Waals surface area contributed by atoms with Gasteiger partial charge in [0.1, 0.15) is 5.82 Å². The second-order valence-corrected chi connectivity index (χ2v) is 6.13. The average molecular weight is 309 g/mol. The van der Waals surface area contributed by atoms with Gasteiger partial charge in [-0.3, -0.25) is 0 Å². The van der Waals surface area contributed by atoms with E-state index >= 15 is 0 Å². The number of halogens is 1. The minimum Gasteiger partial charge on any atom is -0.478 e. The van der Waals surface area contributed by atoms with Crippen molar-refractivity contribution in [3.8, 4) is 0 Å². The summed E-state index contributed by atoms with van der Waals surface area (Å²) in [6.07, 6.45) is 5.24. The molecule has 116 valence electrons. The number of carbonyl (C=O) groups is 1. The molecule has 2 N–H and O–H groups in total. The van der Waals surface area contributed by atoms with Gasteiger partial charge in [0.25, 0.3) is 0 Å². The molecule has 4 heteroatoms. The number of nitrogens with one attached hydrogen (secondary N) is 1. The van der Waals surface area contributed by atoms with Gasteiger partial charge in [0.2, 0.25) is 0 Å². The maximum absolute atomic E-state index is 13.2. The lowest BCUT2D eigenvalue weighted by Crippen LogP contribution is -2.29. The van der Waals surface area contributed by atoms with Crippen molar-refractivity contribution < 1.29 is 14.3 Å². The summed E-state index contributed by atoms with van der Waals surface area (Å²) in [5.41, 5.74) is 3.35. The van der Waals surface area contributed by atoms with E-state index in [2.05, 4.69) is 17.5 Å². The summed E-state index contributed by atoms with van der Waals surface area (Å²) in [5, 5.41) is 12.7. The van der Waals surface area contributed by atoms with Crippen molar-refractivity contribution in [2.75, 3.05) is 5.32 Å². The van der Waals surface area contributed by atoms with Crippen molar-refractivity contribution in [1.29, 1.82) is 0 Å². The van der Waals surface area contributed by atoms with Crippen LogP contribution in [0.5, 0.6) is 0 Å². The van der Waals surface area contributed by atoms with E-state index < -0.39 is 5.97 Å². The highest BCUT2D eigenvalue weighted by Gasteiger charge is 2.38. The fourth-order valence-corrected chi connectivity index (χ4v) is 3.73. The summed E-state index contributed by atoms with van der Waals surface area (Å²) >= 11 is 0. The highest BCUT2D eigenvalue weighted by atomic mass is 19.1. The monoisotopic (exact) mass is 309 g/mol. The van der Waals surface area contributed by atoms with Crippen LogP contribution < -0.4 is 5.32 Å². The second-order valence-electron chi connectivity index (χ2n) is 6.13. The molecule has 3 nitrogen and oxygen atoms in total. The van der Waals surface area contributed by atoms with Crippen LogP contribution in [-0.2, 0) is 0 Å². The molecule has 4 rings (SSSR count). The van der Waals surface area contributed by atoms with Gasteiger partial charge in [-0.05, 0) is 53.8 Å². The van der Waals surface area contributed by atoms with Crippen molar-refractivity contribution in [1.82, 2.24) is 0 Å². The van der Waals surface area contributed by atoms with Gasteiger partial charge in [0, 0.05) is 11.6 Å². The molecule has 1 aliphatic carbocycles. The van der Waals surface area contributed by atoms with Gasteiger partial charge in [-0.2, -0.15) is 0 Å². The van der Waals surface area contributed by atoms with Crippen LogP contribution in [0.1, 0.15) is 39.9 Å². The molecule has 0 saturated carbocycles. The summed E-state index contributed by atoms with van der Waals surface area (Å²) in [4.78, 5) is 11.2. The van der Waals surface area contributed by atoms with Gasteiger partial charge in [-0.25, -0.2) is 9.18 Å². The molecule has 2 aromatic rings. The van der Waals surface area contributed by atoms with Crippen molar-refractivity contribution in [2.24, 2.45) is 5.92 Å². The van der Waals surface area contributed by atoms with E-state index in [4.69, 9.17) is 0 Å². The Morgan fingerprint density at radius 3 is 2.70 bits per heavy atom. The van der Waals surface area contributed by atoms with Crippen LogP contribution in [0.15, 0.2) is 54.6 Å². The Kier molecular flexibility index (Phi) is 3.18. The summed E-state index contributed by atoms with van der Waals surface area (Å²) in [6, 6.07) is 11.9. The van der Waals surface area contributed by atoms with Crippen molar-refractivity contribution in [3.63, 3.8) is 0 Å².